The van der Waals surface area contributed by atoms with Gasteiger partial charge < -0.3 is 5.11 Å². The zero-order chi connectivity index (χ0) is 16.2. The Labute approximate surface area is 145 Å². The highest BCUT2D eigenvalue weighted by molar-refractivity contribution is 7.99. The summed E-state index contributed by atoms with van der Waals surface area (Å²) in [6, 6.07) is 11.9. The number of hydrogen-bond donors (Lipinski definition) is 1. The van der Waals surface area contributed by atoms with Crippen molar-refractivity contribution < 1.29 is 9.90 Å². The van der Waals surface area contributed by atoms with Gasteiger partial charge in [-0.2, -0.15) is 5.26 Å². The molecule has 3 aromatic rings. The predicted molar refractivity (Wildman–Crippen MR) is 93.9 cm³/mol. The van der Waals surface area contributed by atoms with E-state index in [4.69, 9.17) is 5.11 Å². The van der Waals surface area contributed by atoms with Gasteiger partial charge in [0.25, 0.3) is 0 Å². The highest BCUT2D eigenvalue weighted by Gasteiger charge is 2.17. The summed E-state index contributed by atoms with van der Waals surface area (Å²) >= 11 is 4.18. The van der Waals surface area contributed by atoms with Crippen molar-refractivity contribution in [2.45, 2.75) is 5.03 Å². The van der Waals surface area contributed by atoms with Gasteiger partial charge in [0, 0.05) is 10.4 Å². The molecule has 0 unspecified atom stereocenters. The topological polar surface area (TPSA) is 74.0 Å². The van der Waals surface area contributed by atoms with Crippen molar-refractivity contribution in [1.29, 1.82) is 5.26 Å². The highest BCUT2D eigenvalue weighted by atomic mass is 32.2. The molecule has 0 radical (unpaired) electrons. The number of carboxylic acid groups (broad SMARTS) is 1. The number of nitrogens with zero attached hydrogens (tertiary/aromatic N) is 2. The van der Waals surface area contributed by atoms with Crippen LogP contribution in [0.3, 0.4) is 0 Å². The van der Waals surface area contributed by atoms with Crippen LogP contribution in [0.5, 0.6) is 0 Å². The van der Waals surface area contributed by atoms with Crippen LogP contribution in [0, 0.1) is 11.3 Å². The molecule has 0 saturated heterocycles. The van der Waals surface area contributed by atoms with Crippen LogP contribution in [0.25, 0.3) is 21.0 Å². The Hall–Kier alpha value is -2.14. The fourth-order valence-corrected chi connectivity index (χ4v) is 4.20. The van der Waals surface area contributed by atoms with E-state index in [2.05, 4.69) is 11.1 Å². The predicted octanol–water partition coefficient (Wildman–Crippen LogP) is 4.59. The normalized spacial score (nSPS) is 10.4. The zero-order valence-corrected chi connectivity index (χ0v) is 14.2. The van der Waals surface area contributed by atoms with Crippen LogP contribution in [-0.4, -0.2) is 21.8 Å². The lowest BCUT2D eigenvalue weighted by atomic mass is 10.1. The number of carboxylic acids is 1. The number of thioether (sulfide) groups is 1. The lowest BCUT2D eigenvalue weighted by Gasteiger charge is -2.09. The number of aromatic nitrogens is 1. The summed E-state index contributed by atoms with van der Waals surface area (Å²) in [4.78, 5) is 17.4. The van der Waals surface area contributed by atoms with Crippen molar-refractivity contribution in [3.8, 4) is 27.1 Å². The molecule has 114 valence electrons. The molecule has 4 nitrogen and oxygen atoms in total. The van der Waals surface area contributed by atoms with Crippen LogP contribution in [0.4, 0.5) is 0 Å². The van der Waals surface area contributed by atoms with Gasteiger partial charge >= 0.3 is 5.97 Å². The molecule has 23 heavy (non-hydrogen) atoms. The number of rotatable bonds is 5. The first kappa shape index (κ1) is 15.7. The second-order valence-corrected chi connectivity index (χ2v) is 7.34. The monoisotopic (exact) mass is 358 g/mol. The van der Waals surface area contributed by atoms with Crippen LogP contribution in [0.15, 0.2) is 46.1 Å². The number of aliphatic carboxylic acids is 1. The summed E-state index contributed by atoms with van der Waals surface area (Å²) in [6.07, 6.45) is 0. The van der Waals surface area contributed by atoms with Crippen LogP contribution < -0.4 is 0 Å². The number of thiophene rings is 2. The van der Waals surface area contributed by atoms with Crippen LogP contribution in [0.1, 0.15) is 5.56 Å². The minimum atomic E-state index is -0.931. The van der Waals surface area contributed by atoms with Gasteiger partial charge in [0.1, 0.15) is 11.1 Å². The van der Waals surface area contributed by atoms with Gasteiger partial charge in [0.05, 0.1) is 21.9 Å². The Kier molecular flexibility index (Phi) is 4.76. The van der Waals surface area contributed by atoms with E-state index in [1.807, 2.05) is 41.1 Å². The maximum Gasteiger partial charge on any atom is 0.313 e. The third-order valence-electron chi connectivity index (χ3n) is 2.99. The Morgan fingerprint density at radius 1 is 1.26 bits per heavy atom. The van der Waals surface area contributed by atoms with E-state index < -0.39 is 5.97 Å². The average Bonchev–Trinajstić information content (AvgIpc) is 3.24. The van der Waals surface area contributed by atoms with Crippen molar-refractivity contribution >= 4 is 40.4 Å². The molecule has 0 aliphatic heterocycles. The van der Waals surface area contributed by atoms with E-state index >= 15 is 0 Å². The Bertz CT molecular complexity index is 866. The zero-order valence-electron chi connectivity index (χ0n) is 11.7. The number of hydrogen-bond acceptors (Lipinski definition) is 6. The van der Waals surface area contributed by atoms with Crippen molar-refractivity contribution in [3.63, 3.8) is 0 Å². The fraction of sp³-hybridized carbons (Fsp3) is 0.0625. The molecule has 0 fully saturated rings. The summed E-state index contributed by atoms with van der Waals surface area (Å²) in [6.45, 7) is 0. The van der Waals surface area contributed by atoms with E-state index in [1.54, 1.807) is 22.7 Å². The smallest absolute Gasteiger partial charge is 0.313 e. The second kappa shape index (κ2) is 6.96. The highest BCUT2D eigenvalue weighted by Crippen LogP contribution is 2.36. The molecule has 0 spiro atoms. The fourth-order valence-electron chi connectivity index (χ4n) is 2.04. The van der Waals surface area contributed by atoms with Crippen LogP contribution >= 0.6 is 34.4 Å². The molecule has 1 N–H and O–H groups in total. The summed E-state index contributed by atoms with van der Waals surface area (Å²) in [5, 5.41) is 22.8. The lowest BCUT2D eigenvalue weighted by Crippen LogP contribution is -2.01. The van der Waals surface area contributed by atoms with E-state index in [0.717, 1.165) is 32.8 Å². The van der Waals surface area contributed by atoms with Gasteiger partial charge in [-0.1, -0.05) is 23.9 Å². The summed E-state index contributed by atoms with van der Waals surface area (Å²) in [5.41, 5.74) is 1.99. The largest absolute Gasteiger partial charge is 0.481 e. The lowest BCUT2D eigenvalue weighted by molar-refractivity contribution is -0.133. The third-order valence-corrected chi connectivity index (χ3v) is 5.75. The second-order valence-electron chi connectivity index (χ2n) is 4.48. The Morgan fingerprint density at radius 2 is 1.96 bits per heavy atom. The molecule has 0 aromatic carbocycles. The molecular weight excluding hydrogens is 348 g/mol. The van der Waals surface area contributed by atoms with E-state index in [9.17, 15) is 10.1 Å². The van der Waals surface area contributed by atoms with Crippen LogP contribution in [-0.2, 0) is 4.79 Å². The molecule has 3 rings (SSSR count). The molecule has 0 atom stereocenters. The van der Waals surface area contributed by atoms with Gasteiger partial charge in [-0.15, -0.1) is 22.7 Å². The molecule has 3 aromatic heterocycles. The summed E-state index contributed by atoms with van der Waals surface area (Å²) < 4.78 is 0. The molecule has 0 aliphatic rings. The minimum Gasteiger partial charge on any atom is -0.481 e. The quantitative estimate of drug-likeness (QED) is 0.675. The summed E-state index contributed by atoms with van der Waals surface area (Å²) in [7, 11) is 0. The number of nitriles is 1. The van der Waals surface area contributed by atoms with Gasteiger partial charge in [0.2, 0.25) is 0 Å². The molecule has 0 saturated carbocycles. The molecule has 3 heterocycles. The standard InChI is InChI=1S/C16H10N2O2S3/c17-8-11-10(13-3-1-5-21-13)7-12(14-4-2-6-22-14)18-16(11)23-9-15(19)20/h1-7H,9H2,(H,19,20). The van der Waals surface area contributed by atoms with Gasteiger partial charge in [-0.25, -0.2) is 4.98 Å². The Morgan fingerprint density at radius 3 is 2.52 bits per heavy atom. The first-order valence-electron chi connectivity index (χ1n) is 6.56. The van der Waals surface area contributed by atoms with E-state index in [1.165, 1.54) is 0 Å². The Balaban J connectivity index is 2.17. The number of pyridine rings is 1. The van der Waals surface area contributed by atoms with Crippen molar-refractivity contribution in [3.05, 3.63) is 46.7 Å². The molecular formula is C16H10N2O2S3. The maximum atomic E-state index is 10.9. The van der Waals surface area contributed by atoms with Crippen LogP contribution in [0.2, 0.25) is 0 Å². The molecule has 7 heteroatoms. The van der Waals surface area contributed by atoms with Gasteiger partial charge in [-0.05, 0) is 29.0 Å². The molecule has 0 aliphatic carbocycles. The van der Waals surface area contributed by atoms with E-state index in [-0.39, 0.29) is 5.75 Å². The minimum absolute atomic E-state index is 0.126. The maximum absolute atomic E-state index is 10.9. The first-order chi connectivity index (χ1) is 11.2. The first-order valence-corrected chi connectivity index (χ1v) is 9.31. The van der Waals surface area contributed by atoms with E-state index in [0.29, 0.717) is 10.6 Å². The van der Waals surface area contributed by atoms with Gasteiger partial charge in [-0.3, -0.25) is 4.79 Å². The molecule has 0 amide bonds. The van der Waals surface area contributed by atoms with Gasteiger partial charge in [0.15, 0.2) is 0 Å². The average molecular weight is 358 g/mol. The SMILES string of the molecule is N#Cc1c(-c2cccs2)cc(-c2cccs2)nc1SCC(=O)O. The van der Waals surface area contributed by atoms with Crippen molar-refractivity contribution in [2.75, 3.05) is 5.75 Å². The summed E-state index contributed by atoms with van der Waals surface area (Å²) in [5.74, 6) is -1.06. The number of carbonyl (C=O) groups is 1. The molecule has 0 bridgehead atoms. The van der Waals surface area contributed by atoms with Crippen molar-refractivity contribution in [1.82, 2.24) is 4.98 Å². The third kappa shape index (κ3) is 3.45. The van der Waals surface area contributed by atoms with Crippen molar-refractivity contribution in [2.24, 2.45) is 0 Å².